The van der Waals surface area contributed by atoms with Gasteiger partial charge in [-0.1, -0.05) is 0 Å². The number of aromatic nitrogens is 2. The van der Waals surface area contributed by atoms with Gasteiger partial charge in [-0.3, -0.25) is 0 Å². The average Bonchev–Trinajstić information content (AvgIpc) is 2.98. The van der Waals surface area contributed by atoms with Gasteiger partial charge in [0.2, 0.25) is 5.89 Å². The van der Waals surface area contributed by atoms with Gasteiger partial charge in [0.1, 0.15) is 0 Å². The summed E-state index contributed by atoms with van der Waals surface area (Å²) in [6.07, 6.45) is 0. The van der Waals surface area contributed by atoms with Crippen molar-refractivity contribution in [2.45, 2.75) is 12.0 Å². The van der Waals surface area contributed by atoms with Crippen molar-refractivity contribution >= 4 is 17.7 Å². The lowest BCUT2D eigenvalue weighted by atomic mass is 10.1. The molecule has 6 nitrogen and oxygen atoms in total. The number of anilines is 1. The van der Waals surface area contributed by atoms with Crippen molar-refractivity contribution in [2.24, 2.45) is 5.73 Å². The molecule has 0 spiro atoms. The fourth-order valence-electron chi connectivity index (χ4n) is 2.09. The SMILES string of the molecule is NC1CSCC1c1nc(N2CCOCC2)no1. The first-order valence-corrected chi connectivity index (χ1v) is 6.99. The largest absolute Gasteiger partial charge is 0.378 e. The maximum absolute atomic E-state index is 6.02. The Morgan fingerprint density at radius 2 is 2.12 bits per heavy atom. The molecule has 2 aliphatic heterocycles. The highest BCUT2D eigenvalue weighted by molar-refractivity contribution is 7.99. The third-order valence-corrected chi connectivity index (χ3v) is 4.38. The maximum Gasteiger partial charge on any atom is 0.266 e. The Labute approximate surface area is 104 Å². The molecule has 1 aromatic rings. The van der Waals surface area contributed by atoms with Gasteiger partial charge in [-0.05, 0) is 5.16 Å². The molecule has 0 aromatic carbocycles. The number of nitrogens with zero attached hydrogens (tertiary/aromatic N) is 3. The molecular formula is C10H16N4O2S. The number of morpholine rings is 1. The van der Waals surface area contributed by atoms with E-state index in [9.17, 15) is 0 Å². The summed E-state index contributed by atoms with van der Waals surface area (Å²) >= 11 is 1.84. The number of rotatable bonds is 2. The topological polar surface area (TPSA) is 77.4 Å². The predicted molar refractivity (Wildman–Crippen MR) is 65.4 cm³/mol. The van der Waals surface area contributed by atoms with Crippen molar-refractivity contribution in [1.29, 1.82) is 0 Å². The first kappa shape index (κ1) is 11.3. The zero-order chi connectivity index (χ0) is 11.7. The standard InChI is InChI=1S/C10H16N4O2S/c11-8-6-17-5-7(8)9-12-10(13-16-9)14-1-3-15-4-2-14/h7-8H,1-6,11H2. The summed E-state index contributed by atoms with van der Waals surface area (Å²) < 4.78 is 10.6. The van der Waals surface area contributed by atoms with E-state index in [1.165, 1.54) is 0 Å². The van der Waals surface area contributed by atoms with Crippen molar-refractivity contribution in [3.05, 3.63) is 5.89 Å². The smallest absolute Gasteiger partial charge is 0.266 e. The Kier molecular flexibility index (Phi) is 3.21. The van der Waals surface area contributed by atoms with E-state index in [1.807, 2.05) is 11.8 Å². The van der Waals surface area contributed by atoms with E-state index in [1.54, 1.807) is 0 Å². The minimum Gasteiger partial charge on any atom is -0.378 e. The van der Waals surface area contributed by atoms with Crippen LogP contribution in [0.1, 0.15) is 11.8 Å². The van der Waals surface area contributed by atoms with Crippen molar-refractivity contribution in [3.8, 4) is 0 Å². The molecule has 0 aliphatic carbocycles. The molecule has 7 heteroatoms. The third-order valence-electron chi connectivity index (χ3n) is 3.17. The zero-order valence-corrected chi connectivity index (χ0v) is 10.4. The van der Waals surface area contributed by atoms with Crippen LogP contribution in [-0.4, -0.2) is 54.0 Å². The van der Waals surface area contributed by atoms with Gasteiger partial charge in [0, 0.05) is 30.6 Å². The highest BCUT2D eigenvalue weighted by atomic mass is 32.2. The molecule has 17 heavy (non-hydrogen) atoms. The highest BCUT2D eigenvalue weighted by Gasteiger charge is 2.31. The molecule has 1 aromatic heterocycles. The molecule has 2 fully saturated rings. The summed E-state index contributed by atoms with van der Waals surface area (Å²) in [6, 6.07) is 0.137. The van der Waals surface area contributed by atoms with E-state index in [2.05, 4.69) is 15.0 Å². The van der Waals surface area contributed by atoms with Gasteiger partial charge in [0.25, 0.3) is 5.95 Å². The van der Waals surface area contributed by atoms with Gasteiger partial charge in [-0.2, -0.15) is 16.7 Å². The minimum atomic E-state index is 0.137. The molecule has 2 N–H and O–H groups in total. The summed E-state index contributed by atoms with van der Waals surface area (Å²) in [5.41, 5.74) is 6.02. The molecule has 3 heterocycles. The molecule has 2 atom stereocenters. The summed E-state index contributed by atoms with van der Waals surface area (Å²) in [5, 5.41) is 4.04. The van der Waals surface area contributed by atoms with Crippen LogP contribution < -0.4 is 10.6 Å². The van der Waals surface area contributed by atoms with Gasteiger partial charge in [0.15, 0.2) is 0 Å². The number of thioether (sulfide) groups is 1. The molecule has 2 aliphatic rings. The van der Waals surface area contributed by atoms with E-state index < -0.39 is 0 Å². The second-order valence-electron chi connectivity index (χ2n) is 4.34. The van der Waals surface area contributed by atoms with Gasteiger partial charge in [-0.15, -0.1) is 0 Å². The van der Waals surface area contributed by atoms with Crippen LogP contribution >= 0.6 is 11.8 Å². The van der Waals surface area contributed by atoms with Crippen LogP contribution in [0.15, 0.2) is 4.52 Å². The Morgan fingerprint density at radius 1 is 1.29 bits per heavy atom. The Hall–Kier alpha value is -0.790. The third kappa shape index (κ3) is 2.27. The van der Waals surface area contributed by atoms with Crippen LogP contribution in [0.5, 0.6) is 0 Å². The van der Waals surface area contributed by atoms with E-state index in [-0.39, 0.29) is 12.0 Å². The fraction of sp³-hybridized carbons (Fsp3) is 0.800. The van der Waals surface area contributed by atoms with E-state index in [4.69, 9.17) is 15.0 Å². The lowest BCUT2D eigenvalue weighted by molar-refractivity contribution is 0.121. The molecule has 3 rings (SSSR count). The van der Waals surface area contributed by atoms with Gasteiger partial charge in [-0.25, -0.2) is 0 Å². The lowest BCUT2D eigenvalue weighted by Gasteiger charge is -2.24. The normalized spacial score (nSPS) is 29.8. The molecule has 2 unspecified atom stereocenters. The molecule has 94 valence electrons. The van der Waals surface area contributed by atoms with Crippen molar-refractivity contribution in [1.82, 2.24) is 10.1 Å². The fourth-order valence-corrected chi connectivity index (χ4v) is 3.38. The number of hydrogen-bond donors (Lipinski definition) is 1. The Balaban J connectivity index is 1.73. The summed E-state index contributed by atoms with van der Waals surface area (Å²) in [5.74, 6) is 3.52. The summed E-state index contributed by atoms with van der Waals surface area (Å²) in [6.45, 7) is 3.10. The molecule has 0 amide bonds. The van der Waals surface area contributed by atoms with E-state index >= 15 is 0 Å². The van der Waals surface area contributed by atoms with Gasteiger partial charge in [0.05, 0.1) is 19.1 Å². The monoisotopic (exact) mass is 256 g/mol. The van der Waals surface area contributed by atoms with Crippen LogP contribution in [0.4, 0.5) is 5.95 Å². The lowest BCUT2D eigenvalue weighted by Crippen LogP contribution is -2.37. The molecule has 0 radical (unpaired) electrons. The first-order chi connectivity index (χ1) is 8.34. The number of ether oxygens (including phenoxy) is 1. The van der Waals surface area contributed by atoms with Crippen LogP contribution in [0.2, 0.25) is 0 Å². The highest BCUT2D eigenvalue weighted by Crippen LogP contribution is 2.31. The number of hydrogen-bond acceptors (Lipinski definition) is 7. The summed E-state index contributed by atoms with van der Waals surface area (Å²) in [4.78, 5) is 6.55. The second kappa shape index (κ2) is 4.83. The van der Waals surface area contributed by atoms with E-state index in [0.29, 0.717) is 11.8 Å². The van der Waals surface area contributed by atoms with Crippen LogP contribution in [0.25, 0.3) is 0 Å². The first-order valence-electron chi connectivity index (χ1n) is 5.84. The van der Waals surface area contributed by atoms with Gasteiger partial charge >= 0.3 is 0 Å². The summed E-state index contributed by atoms with van der Waals surface area (Å²) in [7, 11) is 0. The average molecular weight is 256 g/mol. The number of nitrogens with two attached hydrogens (primary N) is 1. The van der Waals surface area contributed by atoms with Crippen LogP contribution in [0, 0.1) is 0 Å². The predicted octanol–water partition coefficient (Wildman–Crippen LogP) is 0.0639. The maximum atomic E-state index is 6.02. The van der Waals surface area contributed by atoms with Crippen molar-refractivity contribution in [2.75, 3.05) is 42.7 Å². The molecule has 2 saturated heterocycles. The Bertz CT molecular complexity index is 380. The zero-order valence-electron chi connectivity index (χ0n) is 9.54. The van der Waals surface area contributed by atoms with Gasteiger partial charge < -0.3 is 19.9 Å². The van der Waals surface area contributed by atoms with Crippen molar-refractivity contribution in [3.63, 3.8) is 0 Å². The van der Waals surface area contributed by atoms with Crippen molar-refractivity contribution < 1.29 is 9.26 Å². The van der Waals surface area contributed by atoms with E-state index in [0.717, 1.165) is 37.8 Å². The molecule has 0 saturated carbocycles. The molecule has 0 bridgehead atoms. The molecular weight excluding hydrogens is 240 g/mol. The minimum absolute atomic E-state index is 0.137. The second-order valence-corrected chi connectivity index (χ2v) is 5.41. The van der Waals surface area contributed by atoms with Crippen LogP contribution in [0.3, 0.4) is 0 Å². The van der Waals surface area contributed by atoms with Crippen LogP contribution in [-0.2, 0) is 4.74 Å². The quantitative estimate of drug-likeness (QED) is 0.802. The Morgan fingerprint density at radius 3 is 2.82 bits per heavy atom.